The summed E-state index contributed by atoms with van der Waals surface area (Å²) in [6, 6.07) is 4.31. The van der Waals surface area contributed by atoms with Crippen molar-refractivity contribution in [2.75, 3.05) is 20.2 Å². The number of methoxy groups -OCH3 is 1. The van der Waals surface area contributed by atoms with Gasteiger partial charge in [-0.25, -0.2) is 14.0 Å². The second-order valence-corrected chi connectivity index (χ2v) is 5.14. The summed E-state index contributed by atoms with van der Waals surface area (Å²) >= 11 is 0. The number of halogens is 4. The summed E-state index contributed by atoms with van der Waals surface area (Å²) in [6.07, 6.45) is -5.08. The number of hydrogen-bond donors (Lipinski definition) is 2. The fourth-order valence-electron chi connectivity index (χ4n) is 2.23. The fraction of sp³-hybridized carbons (Fsp3) is 0.333. The van der Waals surface area contributed by atoms with Crippen LogP contribution in [0.1, 0.15) is 22.0 Å². The highest BCUT2D eigenvalue weighted by molar-refractivity contribution is 5.96. The molecule has 1 aromatic carbocycles. The van der Waals surface area contributed by atoms with Crippen LogP contribution in [0.25, 0.3) is 11.0 Å². The van der Waals surface area contributed by atoms with Crippen LogP contribution in [0.3, 0.4) is 0 Å². The summed E-state index contributed by atoms with van der Waals surface area (Å²) in [5, 5.41) is 11.0. The number of carbonyl (C=O) groups is 2. The van der Waals surface area contributed by atoms with E-state index in [0.29, 0.717) is 5.58 Å². The molecule has 3 rings (SSSR count). The third kappa shape index (κ3) is 4.08. The van der Waals surface area contributed by atoms with Gasteiger partial charge in [-0.1, -0.05) is 0 Å². The van der Waals surface area contributed by atoms with E-state index < -0.39 is 18.1 Å². The third-order valence-electron chi connectivity index (χ3n) is 3.49. The molecular formula is C15H13F4NO5. The topological polar surface area (TPSA) is 88.8 Å². The number of carbonyl (C=O) groups excluding carboxylic acids is 1. The van der Waals surface area contributed by atoms with Crippen molar-refractivity contribution in [1.29, 1.82) is 0 Å². The molecule has 0 bridgehead atoms. The number of benzene rings is 1. The zero-order chi connectivity index (χ0) is 18.8. The minimum Gasteiger partial charge on any atom is -0.475 e. The summed E-state index contributed by atoms with van der Waals surface area (Å²) in [6.45, 7) is 1.58. The molecule has 1 aromatic heterocycles. The molecule has 2 aromatic rings. The molecule has 2 heterocycles. The number of ether oxygens (including phenoxy) is 1. The highest BCUT2D eigenvalue weighted by Gasteiger charge is 2.38. The maximum atomic E-state index is 13.2. The molecule has 0 saturated carbocycles. The number of furan rings is 1. The number of rotatable bonds is 2. The minimum absolute atomic E-state index is 0.185. The quantitative estimate of drug-likeness (QED) is 0.630. The Hall–Kier alpha value is -2.62. The average Bonchev–Trinajstić information content (AvgIpc) is 2.83. The molecule has 136 valence electrons. The molecule has 0 spiro atoms. The lowest BCUT2D eigenvalue weighted by Gasteiger charge is -2.27. The number of alkyl halides is 3. The van der Waals surface area contributed by atoms with Crippen LogP contribution in [0.15, 0.2) is 22.6 Å². The molecule has 1 aliphatic heterocycles. The van der Waals surface area contributed by atoms with Crippen molar-refractivity contribution < 1.29 is 41.4 Å². The van der Waals surface area contributed by atoms with Crippen LogP contribution in [0.4, 0.5) is 17.6 Å². The van der Waals surface area contributed by atoms with Crippen LogP contribution in [0.2, 0.25) is 0 Å². The molecule has 2 N–H and O–H groups in total. The van der Waals surface area contributed by atoms with Crippen molar-refractivity contribution in [1.82, 2.24) is 5.32 Å². The largest absolute Gasteiger partial charge is 0.490 e. The number of carboxylic acid groups (broad SMARTS) is 1. The highest BCUT2D eigenvalue weighted by Crippen LogP contribution is 2.34. The van der Waals surface area contributed by atoms with Crippen molar-refractivity contribution in [3.63, 3.8) is 0 Å². The molecule has 1 aliphatic rings. The number of fused-ring (bicyclic) bond motifs is 1. The molecule has 10 heteroatoms. The number of nitrogens with one attached hydrogen (secondary N) is 1. The second-order valence-electron chi connectivity index (χ2n) is 5.14. The fourth-order valence-corrected chi connectivity index (χ4v) is 2.23. The first-order chi connectivity index (χ1) is 11.6. The average molecular weight is 363 g/mol. The van der Waals surface area contributed by atoms with Crippen LogP contribution in [-0.2, 0) is 9.53 Å². The van der Waals surface area contributed by atoms with Gasteiger partial charge in [0.2, 0.25) is 5.76 Å². The van der Waals surface area contributed by atoms with Crippen LogP contribution in [0.5, 0.6) is 0 Å². The molecule has 0 unspecified atom stereocenters. The summed E-state index contributed by atoms with van der Waals surface area (Å²) in [4.78, 5) is 20.6. The molecular weight excluding hydrogens is 350 g/mol. The maximum Gasteiger partial charge on any atom is 0.490 e. The SMILES string of the molecule is COC(=O)c1oc2cc(F)ccc2c1C1CNC1.O=C(O)C(F)(F)F. The van der Waals surface area contributed by atoms with Gasteiger partial charge >= 0.3 is 18.1 Å². The van der Waals surface area contributed by atoms with Gasteiger partial charge in [0.05, 0.1) is 7.11 Å². The van der Waals surface area contributed by atoms with Gasteiger partial charge in [-0.05, 0) is 12.1 Å². The summed E-state index contributed by atoms with van der Waals surface area (Å²) in [5.74, 6) is -3.26. The number of esters is 1. The standard InChI is InChI=1S/C13H12FNO3.C2HF3O2/c1-17-13(16)12-11(7-5-15-6-7)9-3-2-8(14)4-10(9)18-12;3-2(4,5)1(6)7/h2-4,7,15H,5-6H2,1H3;(H,6,7). The zero-order valence-corrected chi connectivity index (χ0v) is 12.8. The summed E-state index contributed by atoms with van der Waals surface area (Å²) < 4.78 is 55.1. The first-order valence-electron chi connectivity index (χ1n) is 6.96. The van der Waals surface area contributed by atoms with E-state index in [0.717, 1.165) is 24.0 Å². The summed E-state index contributed by atoms with van der Waals surface area (Å²) in [5.41, 5.74) is 1.20. The van der Waals surface area contributed by atoms with E-state index in [9.17, 15) is 22.4 Å². The van der Waals surface area contributed by atoms with Gasteiger partial charge in [-0.15, -0.1) is 0 Å². The smallest absolute Gasteiger partial charge is 0.475 e. The van der Waals surface area contributed by atoms with Crippen molar-refractivity contribution in [2.45, 2.75) is 12.1 Å². The molecule has 1 fully saturated rings. The van der Waals surface area contributed by atoms with E-state index >= 15 is 0 Å². The van der Waals surface area contributed by atoms with Gasteiger partial charge in [-0.3, -0.25) is 0 Å². The number of hydrogen-bond acceptors (Lipinski definition) is 5. The first-order valence-corrected chi connectivity index (χ1v) is 6.96. The highest BCUT2D eigenvalue weighted by atomic mass is 19.4. The molecule has 0 amide bonds. The predicted molar refractivity (Wildman–Crippen MR) is 76.8 cm³/mol. The lowest BCUT2D eigenvalue weighted by molar-refractivity contribution is -0.192. The maximum absolute atomic E-state index is 13.2. The molecule has 0 radical (unpaired) electrons. The van der Waals surface area contributed by atoms with Crippen LogP contribution < -0.4 is 5.32 Å². The van der Waals surface area contributed by atoms with Gasteiger partial charge in [0.15, 0.2) is 0 Å². The van der Waals surface area contributed by atoms with E-state index in [1.54, 1.807) is 6.07 Å². The molecule has 0 aliphatic carbocycles. The first kappa shape index (κ1) is 18.7. The van der Waals surface area contributed by atoms with Gasteiger partial charge in [0, 0.05) is 36.0 Å². The van der Waals surface area contributed by atoms with Gasteiger partial charge in [0.1, 0.15) is 11.4 Å². The van der Waals surface area contributed by atoms with Crippen LogP contribution in [0, 0.1) is 5.82 Å². The second kappa shape index (κ2) is 7.09. The Morgan fingerprint density at radius 3 is 2.36 bits per heavy atom. The van der Waals surface area contributed by atoms with E-state index in [1.165, 1.54) is 19.2 Å². The third-order valence-corrected chi connectivity index (χ3v) is 3.49. The molecule has 25 heavy (non-hydrogen) atoms. The zero-order valence-electron chi connectivity index (χ0n) is 12.8. The molecule has 6 nitrogen and oxygen atoms in total. The van der Waals surface area contributed by atoms with Crippen molar-refractivity contribution in [3.8, 4) is 0 Å². The minimum atomic E-state index is -5.08. The van der Waals surface area contributed by atoms with Crippen molar-refractivity contribution >= 4 is 22.9 Å². The Kier molecular flexibility index (Phi) is 5.31. The summed E-state index contributed by atoms with van der Waals surface area (Å²) in [7, 11) is 1.30. The Bertz CT molecular complexity index is 795. The van der Waals surface area contributed by atoms with E-state index in [4.69, 9.17) is 19.1 Å². The Labute approximate surface area is 138 Å². The lowest BCUT2D eigenvalue weighted by atomic mass is 9.91. The van der Waals surface area contributed by atoms with E-state index in [-0.39, 0.29) is 17.5 Å². The molecule has 1 saturated heterocycles. The normalized spacial score (nSPS) is 14.4. The van der Waals surface area contributed by atoms with Crippen LogP contribution in [-0.4, -0.2) is 43.4 Å². The molecule has 0 atom stereocenters. The van der Waals surface area contributed by atoms with Crippen LogP contribution >= 0.6 is 0 Å². The monoisotopic (exact) mass is 363 g/mol. The van der Waals surface area contributed by atoms with Gasteiger partial charge in [-0.2, -0.15) is 13.2 Å². The Morgan fingerprint density at radius 1 is 1.32 bits per heavy atom. The number of aliphatic carboxylic acids is 1. The van der Waals surface area contributed by atoms with Crippen molar-refractivity contribution in [3.05, 3.63) is 35.3 Å². The Balaban J connectivity index is 0.000000277. The number of carboxylic acids is 1. The van der Waals surface area contributed by atoms with Gasteiger partial charge < -0.3 is 19.6 Å². The lowest BCUT2D eigenvalue weighted by Crippen LogP contribution is -2.40. The van der Waals surface area contributed by atoms with E-state index in [1.807, 2.05) is 0 Å². The van der Waals surface area contributed by atoms with Gasteiger partial charge in [0.25, 0.3) is 0 Å². The predicted octanol–water partition coefficient (Wildman–Crippen LogP) is 2.68. The van der Waals surface area contributed by atoms with E-state index in [2.05, 4.69) is 5.32 Å². The Morgan fingerprint density at radius 2 is 1.92 bits per heavy atom. The van der Waals surface area contributed by atoms with Crippen molar-refractivity contribution in [2.24, 2.45) is 0 Å².